The van der Waals surface area contributed by atoms with E-state index in [0.717, 1.165) is 16.7 Å². The minimum absolute atomic E-state index is 0.0134. The summed E-state index contributed by atoms with van der Waals surface area (Å²) in [5.41, 5.74) is 2.00. The number of benzene rings is 4. The summed E-state index contributed by atoms with van der Waals surface area (Å²) in [5, 5.41) is 9.89. The number of anilines is 2. The Labute approximate surface area is 276 Å². The molecule has 2 aliphatic rings. The van der Waals surface area contributed by atoms with E-state index in [1.165, 1.54) is 28.0 Å². The fourth-order valence-corrected chi connectivity index (χ4v) is 8.43. The Morgan fingerprint density at radius 3 is 2.46 bits per heavy atom. The molecule has 1 unspecified atom stereocenters. The molecule has 2 aliphatic heterocycles. The van der Waals surface area contributed by atoms with Gasteiger partial charge in [-0.15, -0.1) is 10.2 Å². The summed E-state index contributed by atoms with van der Waals surface area (Å²) >= 11 is 8.97. The van der Waals surface area contributed by atoms with Crippen molar-refractivity contribution in [2.75, 3.05) is 9.80 Å². The standard InChI is InChI=1S/C35H23ClN4O4S2/c1-20-14-16-21(17-15-20)18-39-26-12-6-4-10-24(26)35(32(39)43)28-29(41)23-9-3-7-13-27(23)44-30(28)31(42)40(35)33-37-38-34(46-33)45-19-22-8-2-5-11-25(22)36/h2-17H,18-19H2,1H3. The van der Waals surface area contributed by atoms with Crippen LogP contribution in [0, 0.1) is 6.92 Å². The summed E-state index contributed by atoms with van der Waals surface area (Å²) < 4.78 is 6.74. The highest BCUT2D eigenvalue weighted by Crippen LogP contribution is 2.55. The molecule has 8 nitrogen and oxygen atoms in total. The zero-order chi connectivity index (χ0) is 31.6. The molecule has 226 valence electrons. The molecule has 1 atom stereocenters. The van der Waals surface area contributed by atoms with Crippen molar-refractivity contribution in [2.24, 2.45) is 0 Å². The van der Waals surface area contributed by atoms with Gasteiger partial charge in [0.2, 0.25) is 10.9 Å². The Hall–Kier alpha value is -4.77. The van der Waals surface area contributed by atoms with Crippen LogP contribution >= 0.6 is 34.7 Å². The Kier molecular flexibility index (Phi) is 6.82. The first-order valence-electron chi connectivity index (χ1n) is 14.5. The SMILES string of the molecule is Cc1ccc(CN2C(=O)C3(c4ccccc42)c2c(oc4ccccc4c2=O)C(=O)N3c2nnc(SCc3ccccc3Cl)s2)cc1. The van der Waals surface area contributed by atoms with E-state index in [9.17, 15) is 9.59 Å². The molecule has 0 radical (unpaired) electrons. The number of rotatable bonds is 6. The molecule has 0 aliphatic carbocycles. The first-order chi connectivity index (χ1) is 22.4. The third-order valence-corrected chi connectivity index (χ3v) is 10.8. The average molecular weight is 663 g/mol. The van der Waals surface area contributed by atoms with Crippen LogP contribution in [0.25, 0.3) is 11.0 Å². The van der Waals surface area contributed by atoms with Gasteiger partial charge in [-0.25, -0.2) is 0 Å². The van der Waals surface area contributed by atoms with E-state index in [1.807, 2.05) is 67.6 Å². The maximum absolute atomic E-state index is 15.1. The van der Waals surface area contributed by atoms with Crippen molar-refractivity contribution in [3.8, 4) is 0 Å². The lowest BCUT2D eigenvalue weighted by atomic mass is 9.84. The number of amides is 2. The topological polar surface area (TPSA) is 96.6 Å². The molecule has 46 heavy (non-hydrogen) atoms. The van der Waals surface area contributed by atoms with Crippen LogP contribution in [0.3, 0.4) is 0 Å². The maximum Gasteiger partial charge on any atom is 0.297 e. The summed E-state index contributed by atoms with van der Waals surface area (Å²) in [6.07, 6.45) is 0. The van der Waals surface area contributed by atoms with E-state index in [0.29, 0.717) is 26.4 Å². The van der Waals surface area contributed by atoms with Crippen LogP contribution in [0.2, 0.25) is 5.02 Å². The summed E-state index contributed by atoms with van der Waals surface area (Å²) in [6.45, 7) is 2.24. The van der Waals surface area contributed by atoms with Gasteiger partial charge in [-0.05, 0) is 42.3 Å². The first-order valence-corrected chi connectivity index (χ1v) is 16.6. The number of fused-ring (bicyclic) bond motifs is 5. The maximum atomic E-state index is 15.1. The molecule has 8 rings (SSSR count). The van der Waals surface area contributed by atoms with Crippen molar-refractivity contribution >= 4 is 68.3 Å². The van der Waals surface area contributed by atoms with Crippen molar-refractivity contribution in [1.82, 2.24) is 10.2 Å². The fraction of sp³-hybridized carbons (Fsp3) is 0.114. The van der Waals surface area contributed by atoms with Gasteiger partial charge in [0.1, 0.15) is 5.58 Å². The predicted octanol–water partition coefficient (Wildman–Crippen LogP) is 7.35. The summed E-state index contributed by atoms with van der Waals surface area (Å²) in [5.74, 6) is -0.712. The normalized spacial score (nSPS) is 16.9. The molecule has 2 aromatic heterocycles. The molecule has 6 aromatic rings. The molecule has 4 heterocycles. The van der Waals surface area contributed by atoms with Crippen molar-refractivity contribution in [3.05, 3.63) is 146 Å². The van der Waals surface area contributed by atoms with Gasteiger partial charge in [0, 0.05) is 16.3 Å². The Morgan fingerprint density at radius 1 is 0.891 bits per heavy atom. The van der Waals surface area contributed by atoms with Gasteiger partial charge >= 0.3 is 0 Å². The number of hydrogen-bond acceptors (Lipinski definition) is 8. The summed E-state index contributed by atoms with van der Waals surface area (Å²) in [6, 6.07) is 29.5. The van der Waals surface area contributed by atoms with Crippen LogP contribution in [-0.2, 0) is 22.6 Å². The highest BCUT2D eigenvalue weighted by Gasteiger charge is 2.66. The average Bonchev–Trinajstić information content (AvgIpc) is 3.71. The molecule has 2 amide bonds. The molecule has 0 fully saturated rings. The lowest BCUT2D eigenvalue weighted by Crippen LogP contribution is -2.53. The van der Waals surface area contributed by atoms with Crippen molar-refractivity contribution in [1.29, 1.82) is 0 Å². The van der Waals surface area contributed by atoms with E-state index < -0.39 is 22.8 Å². The van der Waals surface area contributed by atoms with Crippen molar-refractivity contribution in [2.45, 2.75) is 29.1 Å². The highest BCUT2D eigenvalue weighted by molar-refractivity contribution is 8.00. The van der Waals surface area contributed by atoms with Gasteiger partial charge in [0.05, 0.1) is 23.2 Å². The molecule has 0 saturated heterocycles. The molecule has 0 bridgehead atoms. The van der Waals surface area contributed by atoms with Crippen LogP contribution in [0.15, 0.2) is 111 Å². The first kappa shape index (κ1) is 28.7. The summed E-state index contributed by atoms with van der Waals surface area (Å²) in [4.78, 5) is 46.9. The number of carbonyl (C=O) groups is 2. The second kappa shape index (κ2) is 10.9. The van der Waals surface area contributed by atoms with Gasteiger partial charge in [0.25, 0.3) is 11.8 Å². The molecule has 0 N–H and O–H groups in total. The lowest BCUT2D eigenvalue weighted by Gasteiger charge is -2.32. The van der Waals surface area contributed by atoms with Crippen molar-refractivity contribution < 1.29 is 14.0 Å². The predicted molar refractivity (Wildman–Crippen MR) is 180 cm³/mol. The zero-order valence-electron chi connectivity index (χ0n) is 24.3. The van der Waals surface area contributed by atoms with Crippen LogP contribution in [-0.4, -0.2) is 22.0 Å². The second-order valence-corrected chi connectivity index (χ2v) is 13.7. The largest absolute Gasteiger partial charge is 0.450 e. The van der Waals surface area contributed by atoms with Gasteiger partial charge < -0.3 is 9.32 Å². The Bertz CT molecular complexity index is 2270. The quantitative estimate of drug-likeness (QED) is 0.136. The van der Waals surface area contributed by atoms with Crippen LogP contribution in [0.4, 0.5) is 10.8 Å². The van der Waals surface area contributed by atoms with E-state index in [2.05, 4.69) is 10.2 Å². The van der Waals surface area contributed by atoms with E-state index in [-0.39, 0.29) is 34.0 Å². The van der Waals surface area contributed by atoms with Crippen LogP contribution in [0.1, 0.15) is 38.4 Å². The number of carbonyl (C=O) groups excluding carboxylic acids is 2. The van der Waals surface area contributed by atoms with Gasteiger partial charge in [-0.2, -0.15) is 0 Å². The number of nitrogens with zero attached hydrogens (tertiary/aromatic N) is 4. The van der Waals surface area contributed by atoms with Crippen LogP contribution in [0.5, 0.6) is 0 Å². The monoisotopic (exact) mass is 662 g/mol. The number of hydrogen-bond donors (Lipinski definition) is 0. The second-order valence-electron chi connectivity index (χ2n) is 11.1. The molecule has 0 saturated carbocycles. The third kappa shape index (κ3) is 4.24. The Morgan fingerprint density at radius 2 is 1.63 bits per heavy atom. The minimum atomic E-state index is -1.84. The van der Waals surface area contributed by atoms with Crippen LogP contribution < -0.4 is 15.2 Å². The van der Waals surface area contributed by atoms with Gasteiger partial charge in [-0.1, -0.05) is 113 Å². The Balaban J connectivity index is 1.31. The minimum Gasteiger partial charge on any atom is -0.450 e. The number of para-hydroxylation sites is 2. The van der Waals surface area contributed by atoms with E-state index in [1.54, 1.807) is 41.3 Å². The third-order valence-electron chi connectivity index (χ3n) is 8.39. The van der Waals surface area contributed by atoms with Crippen molar-refractivity contribution in [3.63, 3.8) is 0 Å². The van der Waals surface area contributed by atoms with Gasteiger partial charge in [-0.3, -0.25) is 19.3 Å². The number of thioether (sulfide) groups is 1. The lowest BCUT2D eigenvalue weighted by molar-refractivity contribution is -0.121. The molecule has 11 heteroatoms. The molecule has 4 aromatic carbocycles. The molecule has 1 spiro atoms. The summed E-state index contributed by atoms with van der Waals surface area (Å²) in [7, 11) is 0. The fourth-order valence-electron chi connectivity index (χ4n) is 6.25. The highest BCUT2D eigenvalue weighted by atomic mass is 35.5. The zero-order valence-corrected chi connectivity index (χ0v) is 26.7. The number of aryl methyl sites for hydroxylation is 1. The molecular weight excluding hydrogens is 640 g/mol. The smallest absolute Gasteiger partial charge is 0.297 e. The number of halogens is 1. The van der Waals surface area contributed by atoms with Gasteiger partial charge in [0.15, 0.2) is 15.3 Å². The number of aromatic nitrogens is 2. The van der Waals surface area contributed by atoms with E-state index in [4.69, 9.17) is 16.0 Å². The molecular formula is C35H23ClN4O4S2. The van der Waals surface area contributed by atoms with E-state index >= 15 is 4.79 Å².